The van der Waals surface area contributed by atoms with Gasteiger partial charge in [0.1, 0.15) is 5.76 Å². The Balaban J connectivity index is 1.42. The summed E-state index contributed by atoms with van der Waals surface area (Å²) in [6.07, 6.45) is -0.563. The lowest BCUT2D eigenvalue weighted by molar-refractivity contribution is -0.167. The van der Waals surface area contributed by atoms with E-state index in [1.165, 1.54) is 18.6 Å². The average molecular weight is 353 g/mol. The number of carbonyl (C=O) groups excluding carboxylic acids is 1. The number of anilines is 1. The second-order valence-corrected chi connectivity index (χ2v) is 6.73. The Morgan fingerprint density at radius 2 is 2.00 bits per heavy atom. The quantitative estimate of drug-likeness (QED) is 0.877. The smallest absolute Gasteiger partial charge is 0.471 e. The van der Waals surface area contributed by atoms with Crippen LogP contribution in [-0.2, 0) is 9.53 Å². The maximum atomic E-state index is 12.3. The normalized spacial score (nSPS) is 28.0. The minimum Gasteiger partial charge on any atom is -0.471 e. The molecule has 2 aliphatic heterocycles. The number of alkyl halides is 3. The summed E-state index contributed by atoms with van der Waals surface area (Å²) in [4.78, 5) is 13.1. The summed E-state index contributed by atoms with van der Waals surface area (Å²) < 4.78 is 42.5. The van der Waals surface area contributed by atoms with Gasteiger partial charge in [-0.15, -0.1) is 0 Å². The topological polar surface area (TPSA) is 53.6 Å². The maximum Gasteiger partial charge on any atom is 0.471 e. The van der Waals surface area contributed by atoms with Gasteiger partial charge in [-0.05, 0) is 49.6 Å². The number of carbonyl (C=O) groups is 1. The number of rotatable bonds is 3. The van der Waals surface area contributed by atoms with Gasteiger partial charge in [0, 0.05) is 29.5 Å². The van der Waals surface area contributed by atoms with Crippen LogP contribution < -0.4 is 10.6 Å². The molecule has 2 N–H and O–H groups in total. The highest BCUT2D eigenvalue weighted by molar-refractivity contribution is 5.95. The second-order valence-electron chi connectivity index (χ2n) is 6.73. The number of fused-ring (bicyclic) bond motifs is 2. The van der Waals surface area contributed by atoms with Crippen LogP contribution in [0.2, 0.25) is 0 Å². The number of nitrogens with zero attached hydrogens (tertiary/aromatic N) is 1. The molecule has 0 radical (unpaired) electrons. The van der Waals surface area contributed by atoms with Crippen LogP contribution in [0, 0.1) is 5.92 Å². The Labute approximate surface area is 142 Å². The van der Waals surface area contributed by atoms with E-state index >= 15 is 0 Å². The molecule has 1 saturated heterocycles. The number of hydrogen-bond acceptors (Lipinski definition) is 4. The third-order valence-electron chi connectivity index (χ3n) is 5.06. The molecular formula is C17H18F3N3O2. The number of halogens is 3. The number of nitrogens with one attached hydrogen (secondary N) is 2. The van der Waals surface area contributed by atoms with Crippen LogP contribution in [0.15, 0.2) is 30.5 Å². The van der Waals surface area contributed by atoms with Crippen LogP contribution in [0.5, 0.6) is 0 Å². The van der Waals surface area contributed by atoms with Crippen molar-refractivity contribution in [2.45, 2.75) is 31.1 Å². The Hall–Kier alpha value is -2.22. The molecule has 0 spiro atoms. The fourth-order valence-corrected chi connectivity index (χ4v) is 3.83. The first-order valence-electron chi connectivity index (χ1n) is 8.22. The Bertz CT molecular complexity index is 702. The van der Waals surface area contributed by atoms with Crippen LogP contribution in [0.1, 0.15) is 18.4 Å². The van der Waals surface area contributed by atoms with Gasteiger partial charge in [0.15, 0.2) is 6.73 Å². The summed E-state index contributed by atoms with van der Waals surface area (Å²) >= 11 is 0. The molecule has 5 nitrogen and oxygen atoms in total. The Kier molecular flexibility index (Phi) is 3.87. The van der Waals surface area contributed by atoms with Crippen LogP contribution in [-0.4, -0.2) is 42.3 Å². The lowest BCUT2D eigenvalue weighted by Crippen LogP contribution is -2.45. The van der Waals surface area contributed by atoms with Crippen LogP contribution in [0.3, 0.4) is 0 Å². The molecule has 134 valence electrons. The minimum atomic E-state index is -4.90. The van der Waals surface area contributed by atoms with Crippen LogP contribution >= 0.6 is 0 Å². The predicted molar refractivity (Wildman–Crippen MR) is 85.2 cm³/mol. The highest BCUT2D eigenvalue weighted by atomic mass is 19.4. The van der Waals surface area contributed by atoms with Crippen molar-refractivity contribution in [1.29, 1.82) is 0 Å². The first-order valence-corrected chi connectivity index (χ1v) is 8.22. The van der Waals surface area contributed by atoms with Crippen molar-refractivity contribution in [3.8, 4) is 0 Å². The highest BCUT2D eigenvalue weighted by Gasteiger charge is 2.43. The molecule has 1 saturated carbocycles. The summed E-state index contributed by atoms with van der Waals surface area (Å²) in [5.41, 5.74) is 0.863. The summed E-state index contributed by atoms with van der Waals surface area (Å²) in [6, 6.07) is 7.09. The number of amides is 1. The van der Waals surface area contributed by atoms with E-state index in [0.717, 1.165) is 24.4 Å². The van der Waals surface area contributed by atoms with E-state index in [9.17, 15) is 18.0 Å². The van der Waals surface area contributed by atoms with E-state index < -0.39 is 12.1 Å². The standard InChI is InChI=1S/C17H18F3N3O2/c18-17(19,20)16(24)22-12-3-1-11(2-4-12)15-8-23(9-25-15)14-6-10-5-13(14)21-7-10/h1-4,8,10,13-14,21H,5-7,9H2,(H,22,24). The molecule has 2 heterocycles. The predicted octanol–water partition coefficient (Wildman–Crippen LogP) is 2.53. The van der Waals surface area contributed by atoms with Crippen molar-refractivity contribution < 1.29 is 22.7 Å². The summed E-state index contributed by atoms with van der Waals surface area (Å²) in [7, 11) is 0. The third-order valence-corrected chi connectivity index (χ3v) is 5.06. The van der Waals surface area contributed by atoms with Crippen LogP contribution in [0.4, 0.5) is 18.9 Å². The molecule has 1 aliphatic carbocycles. The van der Waals surface area contributed by atoms with Gasteiger partial charge < -0.3 is 20.3 Å². The van der Waals surface area contributed by atoms with E-state index in [1.807, 2.05) is 11.5 Å². The largest absolute Gasteiger partial charge is 0.471 e. The van der Waals surface area contributed by atoms with Crippen molar-refractivity contribution in [2.75, 3.05) is 18.6 Å². The van der Waals surface area contributed by atoms with Gasteiger partial charge >= 0.3 is 12.1 Å². The summed E-state index contributed by atoms with van der Waals surface area (Å²) in [5.74, 6) is -0.549. The zero-order valence-corrected chi connectivity index (χ0v) is 13.3. The van der Waals surface area contributed by atoms with Gasteiger partial charge in [0.05, 0.1) is 0 Å². The Morgan fingerprint density at radius 3 is 2.60 bits per heavy atom. The van der Waals surface area contributed by atoms with E-state index in [-0.39, 0.29) is 5.69 Å². The molecule has 1 amide bonds. The fraction of sp³-hybridized carbons (Fsp3) is 0.471. The molecule has 3 unspecified atom stereocenters. The summed E-state index contributed by atoms with van der Waals surface area (Å²) in [6.45, 7) is 1.58. The third kappa shape index (κ3) is 3.18. The number of ether oxygens (including phenoxy) is 1. The zero-order valence-electron chi connectivity index (χ0n) is 13.3. The van der Waals surface area contributed by atoms with Gasteiger partial charge in [-0.3, -0.25) is 4.79 Å². The first-order chi connectivity index (χ1) is 11.9. The lowest BCUT2D eigenvalue weighted by Gasteiger charge is -2.30. The number of piperidine rings is 1. The van der Waals surface area contributed by atoms with E-state index in [2.05, 4.69) is 10.2 Å². The van der Waals surface area contributed by atoms with Gasteiger partial charge in [-0.25, -0.2) is 0 Å². The maximum absolute atomic E-state index is 12.3. The first kappa shape index (κ1) is 16.3. The molecule has 2 bridgehead atoms. The monoisotopic (exact) mass is 353 g/mol. The molecule has 0 aromatic heterocycles. The van der Waals surface area contributed by atoms with Gasteiger partial charge in [-0.1, -0.05) is 0 Å². The average Bonchev–Trinajstić information content (AvgIpc) is 3.31. The Morgan fingerprint density at radius 1 is 1.24 bits per heavy atom. The number of hydrogen-bond donors (Lipinski definition) is 2. The van der Waals surface area contributed by atoms with Crippen molar-refractivity contribution in [3.05, 3.63) is 36.0 Å². The molecule has 3 atom stereocenters. The van der Waals surface area contributed by atoms with Crippen molar-refractivity contribution in [2.24, 2.45) is 5.92 Å². The van der Waals surface area contributed by atoms with Gasteiger partial charge in [-0.2, -0.15) is 13.2 Å². The van der Waals surface area contributed by atoms with E-state index in [1.54, 1.807) is 12.1 Å². The minimum absolute atomic E-state index is 0.0961. The SMILES string of the molecule is O=C(Nc1ccc(C2=CN(C3CC4CNC3C4)CO2)cc1)C(F)(F)F. The van der Waals surface area contributed by atoms with Gasteiger partial charge in [0.2, 0.25) is 0 Å². The van der Waals surface area contributed by atoms with Crippen molar-refractivity contribution in [3.63, 3.8) is 0 Å². The summed E-state index contributed by atoms with van der Waals surface area (Å²) in [5, 5.41) is 5.35. The molecule has 4 rings (SSSR count). The van der Waals surface area contributed by atoms with Crippen molar-refractivity contribution >= 4 is 17.4 Å². The molecule has 3 aliphatic rings. The molecule has 25 heavy (non-hydrogen) atoms. The van der Waals surface area contributed by atoms with E-state index in [0.29, 0.717) is 24.6 Å². The fourth-order valence-electron chi connectivity index (χ4n) is 3.83. The van der Waals surface area contributed by atoms with E-state index in [4.69, 9.17) is 4.74 Å². The van der Waals surface area contributed by atoms with Crippen LogP contribution in [0.25, 0.3) is 5.76 Å². The number of benzene rings is 1. The van der Waals surface area contributed by atoms with Gasteiger partial charge in [0.25, 0.3) is 0 Å². The zero-order chi connectivity index (χ0) is 17.6. The molecule has 1 aromatic rings. The second kappa shape index (κ2) is 5.94. The molecular weight excluding hydrogens is 335 g/mol. The lowest BCUT2D eigenvalue weighted by atomic mass is 10.1. The molecule has 1 aromatic carbocycles. The highest BCUT2D eigenvalue weighted by Crippen LogP contribution is 2.37. The van der Waals surface area contributed by atoms with Crippen molar-refractivity contribution in [1.82, 2.24) is 10.2 Å². The molecule has 8 heteroatoms. The molecule has 2 fully saturated rings.